The molecule has 0 aliphatic carbocycles. The third kappa shape index (κ3) is 4.41. The molecular formula is C19H24N6O2. The van der Waals surface area contributed by atoms with Crippen molar-refractivity contribution in [3.05, 3.63) is 48.5 Å². The van der Waals surface area contributed by atoms with Crippen LogP contribution in [0.2, 0.25) is 0 Å². The van der Waals surface area contributed by atoms with Crippen molar-refractivity contribution >= 4 is 23.3 Å². The van der Waals surface area contributed by atoms with E-state index in [-0.39, 0.29) is 11.9 Å². The molecule has 2 aromatic carbocycles. The fourth-order valence-electron chi connectivity index (χ4n) is 2.85. The molecule has 8 heteroatoms. The van der Waals surface area contributed by atoms with Gasteiger partial charge >= 0.3 is 0 Å². The molecule has 3 rings (SSSR count). The molecule has 2 aromatic rings. The summed E-state index contributed by atoms with van der Waals surface area (Å²) in [6.07, 6.45) is 0. The molecule has 0 fully saturated rings. The van der Waals surface area contributed by atoms with Crippen molar-refractivity contribution in [2.24, 2.45) is 21.5 Å². The normalized spacial score (nSPS) is 15.7. The summed E-state index contributed by atoms with van der Waals surface area (Å²) in [6, 6.07) is 14.8. The third-order valence-electron chi connectivity index (χ3n) is 3.97. The van der Waals surface area contributed by atoms with Crippen molar-refractivity contribution in [3.8, 4) is 11.5 Å². The molecule has 27 heavy (non-hydrogen) atoms. The number of ether oxygens (including phenoxy) is 2. The fraction of sp³-hybridized carbons (Fsp3) is 0.263. The molecule has 0 bridgehead atoms. The molecule has 6 N–H and O–H groups in total. The van der Waals surface area contributed by atoms with E-state index in [0.717, 1.165) is 11.4 Å². The summed E-state index contributed by atoms with van der Waals surface area (Å²) in [5.74, 6) is 1.90. The lowest BCUT2D eigenvalue weighted by Crippen LogP contribution is -2.54. The Hall–Kier alpha value is -3.42. The van der Waals surface area contributed by atoms with E-state index in [2.05, 4.69) is 9.98 Å². The molecule has 0 aromatic heterocycles. The highest BCUT2D eigenvalue weighted by Crippen LogP contribution is 2.29. The molecule has 1 aliphatic heterocycles. The van der Waals surface area contributed by atoms with Crippen molar-refractivity contribution in [2.45, 2.75) is 19.5 Å². The number of hydrogen-bond donors (Lipinski definition) is 3. The van der Waals surface area contributed by atoms with Crippen LogP contribution in [0.4, 0.5) is 11.4 Å². The van der Waals surface area contributed by atoms with Gasteiger partial charge in [-0.3, -0.25) is 4.90 Å². The van der Waals surface area contributed by atoms with Crippen molar-refractivity contribution in [2.75, 3.05) is 23.8 Å². The zero-order valence-electron chi connectivity index (χ0n) is 15.4. The van der Waals surface area contributed by atoms with Crippen molar-refractivity contribution in [1.29, 1.82) is 0 Å². The van der Waals surface area contributed by atoms with Gasteiger partial charge in [-0.2, -0.15) is 4.99 Å². The highest BCUT2D eigenvalue weighted by atomic mass is 16.5. The largest absolute Gasteiger partial charge is 0.490 e. The lowest BCUT2D eigenvalue weighted by Gasteiger charge is -2.38. The van der Waals surface area contributed by atoms with Crippen LogP contribution in [0.15, 0.2) is 58.5 Å². The molecule has 0 radical (unpaired) electrons. The van der Waals surface area contributed by atoms with Gasteiger partial charge in [-0.15, -0.1) is 0 Å². The van der Waals surface area contributed by atoms with E-state index in [1.54, 1.807) is 17.0 Å². The van der Waals surface area contributed by atoms with Crippen LogP contribution in [-0.2, 0) is 0 Å². The Balaban J connectivity index is 1.62. The second kappa shape index (κ2) is 7.45. The van der Waals surface area contributed by atoms with Crippen LogP contribution in [-0.4, -0.2) is 30.8 Å². The number of nitrogens with two attached hydrogens (primary N) is 3. The summed E-state index contributed by atoms with van der Waals surface area (Å²) in [6.45, 7) is 4.63. The second-order valence-electron chi connectivity index (χ2n) is 6.53. The van der Waals surface area contributed by atoms with Gasteiger partial charge in [0.15, 0.2) is 0 Å². The number of guanidine groups is 2. The van der Waals surface area contributed by atoms with E-state index in [0.29, 0.717) is 24.7 Å². The molecule has 142 valence electrons. The lowest BCUT2D eigenvalue weighted by molar-refractivity contribution is 0.217. The van der Waals surface area contributed by atoms with Gasteiger partial charge in [0.1, 0.15) is 30.4 Å². The molecule has 0 spiro atoms. The van der Waals surface area contributed by atoms with Crippen LogP contribution < -0.4 is 31.6 Å². The maximum absolute atomic E-state index is 6.07. The predicted octanol–water partition coefficient (Wildman–Crippen LogP) is 1.91. The summed E-state index contributed by atoms with van der Waals surface area (Å²) in [7, 11) is 0. The first-order valence-corrected chi connectivity index (χ1v) is 8.56. The number of rotatable bonds is 6. The Morgan fingerprint density at radius 3 is 2.26 bits per heavy atom. The van der Waals surface area contributed by atoms with Crippen molar-refractivity contribution in [1.82, 2.24) is 0 Å². The van der Waals surface area contributed by atoms with E-state index >= 15 is 0 Å². The number of nitrogens with zero attached hydrogens (tertiary/aromatic N) is 3. The Labute approximate surface area is 158 Å². The standard InChI is InChI=1S/C19H24N6O2/c1-19(2)24-17(21)23-18(22)25(19)14-4-3-5-16(12-14)27-11-10-26-15-8-6-13(20)7-9-15/h3-9,12H,10-11,20H2,1-2H3,(H4,21,22,23,24). The number of hydrogen-bond acceptors (Lipinski definition) is 8. The quantitative estimate of drug-likeness (QED) is 0.528. The molecule has 0 saturated heterocycles. The second-order valence-corrected chi connectivity index (χ2v) is 6.53. The van der Waals surface area contributed by atoms with Crippen molar-refractivity contribution < 1.29 is 9.47 Å². The molecule has 0 saturated carbocycles. The summed E-state index contributed by atoms with van der Waals surface area (Å²) in [5.41, 5.74) is 18.3. The molecule has 0 unspecified atom stereocenters. The summed E-state index contributed by atoms with van der Waals surface area (Å²) < 4.78 is 11.4. The van der Waals surface area contributed by atoms with Gasteiger partial charge in [-0.25, -0.2) is 4.99 Å². The smallest absolute Gasteiger partial charge is 0.220 e. The Bertz CT molecular complexity index is 861. The van der Waals surface area contributed by atoms with Crippen LogP contribution in [0.5, 0.6) is 11.5 Å². The molecule has 1 aliphatic rings. The third-order valence-corrected chi connectivity index (χ3v) is 3.97. The average Bonchev–Trinajstić information content (AvgIpc) is 2.59. The van der Waals surface area contributed by atoms with Crippen LogP contribution in [0, 0.1) is 0 Å². The molecule has 8 nitrogen and oxygen atoms in total. The first kappa shape index (κ1) is 18.4. The first-order chi connectivity index (χ1) is 12.8. The SMILES string of the molecule is CC1(C)N=C(N)N=C(N)N1c1cccc(OCCOc2ccc(N)cc2)c1. The Kier molecular flexibility index (Phi) is 5.07. The van der Waals surface area contributed by atoms with E-state index in [1.165, 1.54) is 0 Å². The van der Waals surface area contributed by atoms with Gasteiger partial charge in [0.05, 0.1) is 0 Å². The lowest BCUT2D eigenvalue weighted by atomic mass is 10.1. The first-order valence-electron chi connectivity index (χ1n) is 8.56. The van der Waals surface area contributed by atoms with Crippen molar-refractivity contribution in [3.63, 3.8) is 0 Å². The van der Waals surface area contributed by atoms with Gasteiger partial charge in [0, 0.05) is 17.4 Å². The topological polar surface area (TPSA) is 124 Å². The maximum Gasteiger partial charge on any atom is 0.220 e. The maximum atomic E-state index is 6.07. The molecular weight excluding hydrogens is 344 g/mol. The minimum Gasteiger partial charge on any atom is -0.490 e. The minimum absolute atomic E-state index is 0.168. The predicted molar refractivity (Wildman–Crippen MR) is 108 cm³/mol. The van der Waals surface area contributed by atoms with Crippen LogP contribution in [0.1, 0.15) is 13.8 Å². The molecule has 1 heterocycles. The molecule has 0 atom stereocenters. The van der Waals surface area contributed by atoms with Gasteiger partial charge in [-0.1, -0.05) is 6.07 Å². The summed E-state index contributed by atoms with van der Waals surface area (Å²) in [5, 5.41) is 0. The number of nitrogen functional groups attached to an aromatic ring is 1. The summed E-state index contributed by atoms with van der Waals surface area (Å²) >= 11 is 0. The van der Waals surface area contributed by atoms with Gasteiger partial charge in [0.25, 0.3) is 0 Å². The van der Waals surface area contributed by atoms with Crippen LogP contribution in [0.3, 0.4) is 0 Å². The van der Waals surface area contributed by atoms with E-state index in [4.69, 9.17) is 26.7 Å². The monoisotopic (exact) mass is 368 g/mol. The fourth-order valence-corrected chi connectivity index (χ4v) is 2.85. The minimum atomic E-state index is -0.646. The van der Waals surface area contributed by atoms with E-state index in [9.17, 15) is 0 Å². The van der Waals surface area contributed by atoms with Crippen LogP contribution >= 0.6 is 0 Å². The molecule has 0 amide bonds. The van der Waals surface area contributed by atoms with Gasteiger partial charge in [0.2, 0.25) is 11.9 Å². The van der Waals surface area contributed by atoms with Gasteiger partial charge in [-0.05, 0) is 50.2 Å². The Morgan fingerprint density at radius 1 is 0.926 bits per heavy atom. The zero-order chi connectivity index (χ0) is 19.4. The van der Waals surface area contributed by atoms with Gasteiger partial charge < -0.3 is 26.7 Å². The van der Waals surface area contributed by atoms with Crippen LogP contribution in [0.25, 0.3) is 0 Å². The number of benzene rings is 2. The van der Waals surface area contributed by atoms with E-state index in [1.807, 2.05) is 50.2 Å². The number of aliphatic imine (C=N–C) groups is 2. The van der Waals surface area contributed by atoms with E-state index < -0.39 is 5.66 Å². The highest BCUT2D eigenvalue weighted by Gasteiger charge is 2.33. The summed E-state index contributed by atoms with van der Waals surface area (Å²) in [4.78, 5) is 10.2. The number of anilines is 2. The zero-order valence-corrected chi connectivity index (χ0v) is 15.4. The Morgan fingerprint density at radius 2 is 1.59 bits per heavy atom. The highest BCUT2D eigenvalue weighted by molar-refractivity contribution is 6.05. The average molecular weight is 368 g/mol.